The summed E-state index contributed by atoms with van der Waals surface area (Å²) in [5.41, 5.74) is 0. The summed E-state index contributed by atoms with van der Waals surface area (Å²) in [7, 11) is 1.24. The molecule has 7 nitrogen and oxygen atoms in total. The van der Waals surface area contributed by atoms with Crippen molar-refractivity contribution in [2.24, 2.45) is 0 Å². The Kier molecular flexibility index (Phi) is 2.46. The van der Waals surface area contributed by atoms with Crippen LogP contribution < -0.4 is 11.1 Å². The van der Waals surface area contributed by atoms with Crippen LogP contribution in [0.5, 0.6) is 0 Å². The van der Waals surface area contributed by atoms with Gasteiger partial charge in [0.2, 0.25) is 0 Å². The van der Waals surface area contributed by atoms with Crippen molar-refractivity contribution in [1.82, 2.24) is 15.5 Å². The highest BCUT2D eigenvalue weighted by Gasteiger charge is 2.02. The molecule has 1 aromatic rings. The van der Waals surface area contributed by atoms with Gasteiger partial charge in [0.05, 0.1) is 13.7 Å². The van der Waals surface area contributed by atoms with E-state index in [9.17, 15) is 9.59 Å². The van der Waals surface area contributed by atoms with Gasteiger partial charge in [0, 0.05) is 0 Å². The molecular formula is C5H7N3O4. The third kappa shape index (κ3) is 2.11. The lowest BCUT2D eigenvalue weighted by Gasteiger charge is -1.97. The SMILES string of the molecule is COC(=O)NCc1noc(=O)[nH]1. The quantitative estimate of drug-likeness (QED) is 0.611. The zero-order chi connectivity index (χ0) is 8.97. The minimum Gasteiger partial charge on any atom is -0.453 e. The minimum absolute atomic E-state index is 0.0679. The van der Waals surface area contributed by atoms with E-state index in [1.54, 1.807) is 0 Å². The number of hydrogen-bond acceptors (Lipinski definition) is 5. The van der Waals surface area contributed by atoms with E-state index < -0.39 is 11.8 Å². The summed E-state index contributed by atoms with van der Waals surface area (Å²) in [6.07, 6.45) is -0.598. The van der Waals surface area contributed by atoms with Crippen LogP contribution >= 0.6 is 0 Å². The average molecular weight is 173 g/mol. The Labute approximate surface area is 66.7 Å². The van der Waals surface area contributed by atoms with E-state index >= 15 is 0 Å². The number of amides is 1. The van der Waals surface area contributed by atoms with Crippen LogP contribution in [-0.2, 0) is 11.3 Å². The molecule has 0 atom stereocenters. The van der Waals surface area contributed by atoms with E-state index in [0.717, 1.165) is 0 Å². The maximum absolute atomic E-state index is 10.5. The fraction of sp³-hybridized carbons (Fsp3) is 0.400. The predicted molar refractivity (Wildman–Crippen MR) is 36.4 cm³/mol. The molecule has 12 heavy (non-hydrogen) atoms. The van der Waals surface area contributed by atoms with E-state index in [2.05, 4.69) is 24.7 Å². The van der Waals surface area contributed by atoms with Gasteiger partial charge in [-0.1, -0.05) is 5.16 Å². The first kappa shape index (κ1) is 8.31. The van der Waals surface area contributed by atoms with Gasteiger partial charge in [0.15, 0.2) is 5.82 Å². The molecule has 0 fully saturated rings. The zero-order valence-corrected chi connectivity index (χ0v) is 6.29. The van der Waals surface area contributed by atoms with Gasteiger partial charge in [-0.05, 0) is 0 Å². The van der Waals surface area contributed by atoms with Crippen molar-refractivity contribution < 1.29 is 14.1 Å². The molecule has 0 aliphatic rings. The van der Waals surface area contributed by atoms with Crippen LogP contribution in [0.15, 0.2) is 9.32 Å². The second kappa shape index (κ2) is 3.56. The smallest absolute Gasteiger partial charge is 0.438 e. The molecular weight excluding hydrogens is 166 g/mol. The number of hydrogen-bond donors (Lipinski definition) is 2. The molecule has 0 bridgehead atoms. The molecule has 1 heterocycles. The zero-order valence-electron chi connectivity index (χ0n) is 6.29. The van der Waals surface area contributed by atoms with Gasteiger partial charge in [-0.25, -0.2) is 9.59 Å². The summed E-state index contributed by atoms with van der Waals surface area (Å²) in [5, 5.41) is 5.62. The van der Waals surface area contributed by atoms with Crippen LogP contribution in [0.2, 0.25) is 0 Å². The van der Waals surface area contributed by atoms with Crippen LogP contribution in [-0.4, -0.2) is 23.3 Å². The number of alkyl carbamates (subject to hydrolysis) is 1. The number of H-pyrrole nitrogens is 1. The number of aromatic nitrogens is 2. The molecule has 0 saturated carbocycles. The number of ether oxygens (including phenoxy) is 1. The summed E-state index contributed by atoms with van der Waals surface area (Å²) in [6, 6.07) is 0. The molecule has 0 aliphatic heterocycles. The number of nitrogens with zero attached hydrogens (tertiary/aromatic N) is 1. The highest BCUT2D eigenvalue weighted by Crippen LogP contribution is 1.82. The Morgan fingerprint density at radius 2 is 2.58 bits per heavy atom. The fourth-order valence-electron chi connectivity index (χ4n) is 0.565. The molecule has 7 heteroatoms. The van der Waals surface area contributed by atoms with E-state index in [4.69, 9.17) is 0 Å². The molecule has 0 aliphatic carbocycles. The van der Waals surface area contributed by atoms with Crippen molar-refractivity contribution in [3.8, 4) is 0 Å². The van der Waals surface area contributed by atoms with Gasteiger partial charge in [0.1, 0.15) is 0 Å². The second-order valence-electron chi connectivity index (χ2n) is 1.89. The summed E-state index contributed by atoms with van der Waals surface area (Å²) >= 11 is 0. The Morgan fingerprint density at radius 1 is 1.83 bits per heavy atom. The van der Waals surface area contributed by atoms with Crippen molar-refractivity contribution in [3.05, 3.63) is 16.4 Å². The van der Waals surface area contributed by atoms with Crippen molar-refractivity contribution >= 4 is 6.09 Å². The van der Waals surface area contributed by atoms with E-state index in [1.165, 1.54) is 7.11 Å². The largest absolute Gasteiger partial charge is 0.453 e. The van der Waals surface area contributed by atoms with Gasteiger partial charge < -0.3 is 10.1 Å². The minimum atomic E-state index is -0.656. The molecule has 1 amide bonds. The topological polar surface area (TPSA) is 97.2 Å². The Bertz CT molecular complexity index is 314. The van der Waals surface area contributed by atoms with Gasteiger partial charge in [-0.15, -0.1) is 0 Å². The Hall–Kier alpha value is -1.79. The molecule has 2 N–H and O–H groups in total. The van der Waals surface area contributed by atoms with Crippen LogP contribution in [0.3, 0.4) is 0 Å². The number of methoxy groups -OCH3 is 1. The first-order chi connectivity index (χ1) is 5.72. The number of carbonyl (C=O) groups excluding carboxylic acids is 1. The Morgan fingerprint density at radius 3 is 3.08 bits per heavy atom. The molecule has 66 valence electrons. The lowest BCUT2D eigenvalue weighted by molar-refractivity contribution is 0.170. The summed E-state index contributed by atoms with van der Waals surface area (Å²) in [6.45, 7) is 0.0679. The number of nitrogens with one attached hydrogen (secondary N) is 2. The molecule has 0 saturated heterocycles. The fourth-order valence-corrected chi connectivity index (χ4v) is 0.565. The number of rotatable bonds is 2. The molecule has 0 spiro atoms. The van der Waals surface area contributed by atoms with Crippen LogP contribution in [0.1, 0.15) is 5.82 Å². The lowest BCUT2D eigenvalue weighted by Crippen LogP contribution is -2.23. The van der Waals surface area contributed by atoms with Crippen molar-refractivity contribution in [2.45, 2.75) is 6.54 Å². The number of carbonyl (C=O) groups is 1. The molecule has 0 aromatic carbocycles. The predicted octanol–water partition coefficient (Wildman–Crippen LogP) is -0.781. The van der Waals surface area contributed by atoms with Gasteiger partial charge in [0.25, 0.3) is 0 Å². The van der Waals surface area contributed by atoms with E-state index in [1.807, 2.05) is 0 Å². The molecule has 1 aromatic heterocycles. The molecule has 0 unspecified atom stereocenters. The maximum Gasteiger partial charge on any atom is 0.438 e. The van der Waals surface area contributed by atoms with Crippen LogP contribution in [0.4, 0.5) is 4.79 Å². The second-order valence-corrected chi connectivity index (χ2v) is 1.89. The van der Waals surface area contributed by atoms with Crippen LogP contribution in [0, 0.1) is 0 Å². The van der Waals surface area contributed by atoms with E-state index in [0.29, 0.717) is 0 Å². The first-order valence-electron chi connectivity index (χ1n) is 3.09. The Balaban J connectivity index is 2.43. The van der Waals surface area contributed by atoms with Gasteiger partial charge in [-0.2, -0.15) is 0 Å². The van der Waals surface area contributed by atoms with Crippen molar-refractivity contribution in [3.63, 3.8) is 0 Å². The molecule has 0 radical (unpaired) electrons. The standard InChI is InChI=1S/C5H7N3O4/c1-11-4(9)6-2-3-7-5(10)12-8-3/h2H2,1H3,(H,6,9)(H,7,8,10). The molecule has 1 rings (SSSR count). The summed E-state index contributed by atoms with van der Waals surface area (Å²) in [4.78, 5) is 23.1. The average Bonchev–Trinajstić information content (AvgIpc) is 2.47. The van der Waals surface area contributed by atoms with Crippen LogP contribution in [0.25, 0.3) is 0 Å². The van der Waals surface area contributed by atoms with Gasteiger partial charge >= 0.3 is 11.8 Å². The third-order valence-electron chi connectivity index (χ3n) is 1.07. The normalized spacial score (nSPS) is 9.42. The first-order valence-corrected chi connectivity index (χ1v) is 3.09. The van der Waals surface area contributed by atoms with Crippen molar-refractivity contribution in [1.29, 1.82) is 0 Å². The monoisotopic (exact) mass is 173 g/mol. The summed E-state index contributed by atoms with van der Waals surface area (Å²) in [5.74, 6) is -0.415. The van der Waals surface area contributed by atoms with Gasteiger partial charge in [-0.3, -0.25) is 9.51 Å². The maximum atomic E-state index is 10.5. The summed E-state index contributed by atoms with van der Waals surface area (Å²) < 4.78 is 8.46. The lowest BCUT2D eigenvalue weighted by atomic mass is 10.6. The third-order valence-corrected chi connectivity index (χ3v) is 1.07. The highest BCUT2D eigenvalue weighted by molar-refractivity contribution is 5.66. The highest BCUT2D eigenvalue weighted by atomic mass is 16.5. The number of aromatic amines is 1. The van der Waals surface area contributed by atoms with E-state index in [-0.39, 0.29) is 12.4 Å². The van der Waals surface area contributed by atoms with Crippen molar-refractivity contribution in [2.75, 3.05) is 7.11 Å².